The van der Waals surface area contributed by atoms with Crippen molar-refractivity contribution in [3.05, 3.63) is 59.0 Å². The lowest BCUT2D eigenvalue weighted by Crippen LogP contribution is -2.37. The van der Waals surface area contributed by atoms with Gasteiger partial charge in [-0.3, -0.25) is 14.5 Å². The zero-order valence-electron chi connectivity index (χ0n) is 19.7. The summed E-state index contributed by atoms with van der Waals surface area (Å²) in [5, 5.41) is 9.53. The number of carbonyl (C=O) groups excluding carboxylic acids is 1. The van der Waals surface area contributed by atoms with Gasteiger partial charge >= 0.3 is 6.09 Å². The topological polar surface area (TPSA) is 89.3 Å². The Morgan fingerprint density at radius 1 is 1.17 bits per heavy atom. The van der Waals surface area contributed by atoms with E-state index in [-0.39, 0.29) is 12.5 Å². The number of hydrogen-bond acceptors (Lipinski definition) is 7. The normalized spacial score (nSPS) is 18.1. The zero-order valence-corrected chi connectivity index (χ0v) is 20.5. The average molecular weight is 518 g/mol. The van der Waals surface area contributed by atoms with Crippen molar-refractivity contribution in [3.63, 3.8) is 0 Å². The summed E-state index contributed by atoms with van der Waals surface area (Å²) in [6, 6.07) is 4.90. The Morgan fingerprint density at radius 3 is 2.61 bits per heavy atom. The second-order valence-electron chi connectivity index (χ2n) is 8.97. The van der Waals surface area contributed by atoms with E-state index in [0.29, 0.717) is 10.8 Å². The minimum absolute atomic E-state index is 0.135. The van der Waals surface area contributed by atoms with Crippen LogP contribution in [-0.2, 0) is 11.3 Å². The molecule has 2 aliphatic rings. The monoisotopic (exact) mass is 517 g/mol. The Labute approximate surface area is 212 Å². The summed E-state index contributed by atoms with van der Waals surface area (Å²) in [6.45, 7) is 1.34. The van der Waals surface area contributed by atoms with E-state index in [4.69, 9.17) is 16.3 Å². The fourth-order valence-corrected chi connectivity index (χ4v) is 5.00. The van der Waals surface area contributed by atoms with Crippen molar-refractivity contribution in [2.45, 2.75) is 44.4 Å². The number of anilines is 1. The number of benzene rings is 1. The van der Waals surface area contributed by atoms with Crippen molar-refractivity contribution >= 4 is 23.5 Å². The number of fused-ring (bicyclic) bond motifs is 3. The van der Waals surface area contributed by atoms with Crippen LogP contribution in [0.5, 0.6) is 0 Å². The summed E-state index contributed by atoms with van der Waals surface area (Å²) in [4.78, 5) is 25.1. The number of carbonyl (C=O) groups is 1. The van der Waals surface area contributed by atoms with Crippen LogP contribution in [0.2, 0.25) is 5.02 Å². The first-order valence-electron chi connectivity index (χ1n) is 11.8. The highest BCUT2D eigenvalue weighted by molar-refractivity contribution is 6.30. The first-order valence-corrected chi connectivity index (χ1v) is 12.2. The maximum absolute atomic E-state index is 13.0. The number of halogens is 3. The largest absolute Gasteiger partial charge is 0.440 e. The van der Waals surface area contributed by atoms with Crippen LogP contribution in [0.3, 0.4) is 0 Å². The molecule has 0 aliphatic carbocycles. The van der Waals surface area contributed by atoms with Gasteiger partial charge in [-0.2, -0.15) is 0 Å². The fraction of sp³-hybridized carbons (Fsp3) is 0.458. The van der Waals surface area contributed by atoms with Gasteiger partial charge in [0.25, 0.3) is 0 Å². The van der Waals surface area contributed by atoms with E-state index in [2.05, 4.69) is 25.1 Å². The lowest BCUT2D eigenvalue weighted by molar-refractivity contribution is 0.0286. The molecule has 190 valence electrons. The molecule has 1 atom stereocenters. The minimum atomic E-state index is -1.44. The molecule has 12 heteroatoms. The fourth-order valence-electron chi connectivity index (χ4n) is 4.81. The molecule has 1 saturated heterocycles. The molecule has 0 spiro atoms. The molecule has 3 aromatic rings. The van der Waals surface area contributed by atoms with Gasteiger partial charge in [-0.05, 0) is 43.5 Å². The van der Waals surface area contributed by atoms with E-state index < -0.39 is 31.6 Å². The third-order valence-corrected chi connectivity index (χ3v) is 6.99. The lowest BCUT2D eigenvalue weighted by atomic mass is 9.95. The van der Waals surface area contributed by atoms with Crippen LogP contribution in [0.1, 0.15) is 48.9 Å². The number of aromatic nitrogens is 5. The lowest BCUT2D eigenvalue weighted by Gasteiger charge is -2.32. The van der Waals surface area contributed by atoms with Gasteiger partial charge in [0.2, 0.25) is 0 Å². The Bertz CT molecular complexity index is 1220. The van der Waals surface area contributed by atoms with Crippen molar-refractivity contribution in [2.75, 3.05) is 31.3 Å². The highest BCUT2D eigenvalue weighted by Crippen LogP contribution is 2.37. The van der Waals surface area contributed by atoms with Crippen LogP contribution in [0.15, 0.2) is 36.8 Å². The number of hydrogen-bond donors (Lipinski definition) is 0. The Hall–Kier alpha value is -3.34. The van der Waals surface area contributed by atoms with Gasteiger partial charge < -0.3 is 9.64 Å². The molecule has 0 radical (unpaired) electrons. The maximum atomic E-state index is 13.0. The highest BCUT2D eigenvalue weighted by Gasteiger charge is 2.36. The summed E-state index contributed by atoms with van der Waals surface area (Å²) < 4.78 is 33.2. The van der Waals surface area contributed by atoms with E-state index >= 15 is 0 Å². The number of nitrogens with zero attached hydrogens (tertiary/aromatic N) is 7. The van der Waals surface area contributed by atoms with Crippen LogP contribution < -0.4 is 4.90 Å². The van der Waals surface area contributed by atoms with E-state index in [1.54, 1.807) is 37.6 Å². The van der Waals surface area contributed by atoms with Crippen molar-refractivity contribution < 1.29 is 18.3 Å². The number of rotatable bonds is 5. The van der Waals surface area contributed by atoms with E-state index in [1.165, 1.54) is 4.90 Å². The second kappa shape index (κ2) is 10.3. The van der Waals surface area contributed by atoms with Crippen LogP contribution in [0.4, 0.5) is 19.4 Å². The first-order chi connectivity index (χ1) is 17.5. The summed E-state index contributed by atoms with van der Waals surface area (Å²) in [5.74, 6) is 2.34. The quantitative estimate of drug-likeness (QED) is 0.495. The molecule has 0 N–H and O–H groups in total. The third-order valence-electron chi connectivity index (χ3n) is 6.76. The predicted octanol–water partition coefficient (Wildman–Crippen LogP) is 4.42. The summed E-state index contributed by atoms with van der Waals surface area (Å²) >= 11 is 6.30. The van der Waals surface area contributed by atoms with Crippen molar-refractivity contribution in [3.8, 4) is 5.69 Å². The van der Waals surface area contributed by atoms with Gasteiger partial charge in [0.05, 0.1) is 24.5 Å². The van der Waals surface area contributed by atoms with Crippen LogP contribution in [0.25, 0.3) is 5.69 Å². The molecule has 1 amide bonds. The SMILES string of the molecule is CC1c2nnc(C3CCN(c4cnccn4)CC3)n2-c2ccc(Cl)cc2CN1C(=O)OC(CF)CF. The molecule has 36 heavy (non-hydrogen) atoms. The molecule has 9 nitrogen and oxygen atoms in total. The number of alkyl halides is 2. The van der Waals surface area contributed by atoms with Crippen LogP contribution in [-0.4, -0.2) is 68.3 Å². The van der Waals surface area contributed by atoms with Gasteiger partial charge in [-0.25, -0.2) is 18.6 Å². The molecule has 5 rings (SSSR count). The number of amides is 1. The van der Waals surface area contributed by atoms with Gasteiger partial charge in [0, 0.05) is 36.4 Å². The smallest absolute Gasteiger partial charge is 0.411 e. The molecular formula is C24H26ClF2N7O2. The zero-order chi connectivity index (χ0) is 25.2. The van der Waals surface area contributed by atoms with E-state index in [9.17, 15) is 13.6 Å². The Morgan fingerprint density at radius 2 is 1.92 bits per heavy atom. The summed E-state index contributed by atoms with van der Waals surface area (Å²) in [6.07, 6.45) is 4.52. The molecule has 2 aromatic heterocycles. The van der Waals surface area contributed by atoms with Crippen molar-refractivity contribution in [1.82, 2.24) is 29.6 Å². The number of piperidine rings is 1. The summed E-state index contributed by atoms with van der Waals surface area (Å²) in [7, 11) is 0. The average Bonchev–Trinajstić information content (AvgIpc) is 3.31. The molecule has 4 heterocycles. The van der Waals surface area contributed by atoms with Gasteiger partial charge in [0.1, 0.15) is 25.0 Å². The van der Waals surface area contributed by atoms with Gasteiger partial charge in [-0.15, -0.1) is 10.2 Å². The third kappa shape index (κ3) is 4.59. The molecule has 1 fully saturated rings. The molecule has 1 aromatic carbocycles. The molecule has 0 saturated carbocycles. The standard InChI is InChI=1S/C24H26ClF2N7O2/c1-15-22-30-31-23(16-4-8-32(9-5-16)21-13-28-6-7-29-21)34(22)20-3-2-18(25)10-17(20)14-33(15)24(35)36-19(11-26)12-27/h2-3,6-7,10,13,15-16,19H,4-5,8-9,11-12,14H2,1H3. The minimum Gasteiger partial charge on any atom is -0.440 e. The summed E-state index contributed by atoms with van der Waals surface area (Å²) in [5.41, 5.74) is 1.58. The highest BCUT2D eigenvalue weighted by atomic mass is 35.5. The van der Waals surface area contributed by atoms with Crippen molar-refractivity contribution in [1.29, 1.82) is 0 Å². The van der Waals surface area contributed by atoms with E-state index in [0.717, 1.165) is 48.8 Å². The second-order valence-corrected chi connectivity index (χ2v) is 9.40. The molecular weight excluding hydrogens is 492 g/mol. The van der Waals surface area contributed by atoms with E-state index in [1.807, 2.05) is 10.6 Å². The predicted molar refractivity (Wildman–Crippen MR) is 129 cm³/mol. The Balaban J connectivity index is 1.47. The molecule has 2 aliphatic heterocycles. The van der Waals surface area contributed by atoms with Crippen LogP contribution in [0, 0.1) is 0 Å². The first kappa shape index (κ1) is 24.4. The molecule has 0 bridgehead atoms. The molecule has 1 unspecified atom stereocenters. The van der Waals surface area contributed by atoms with Gasteiger partial charge in [-0.1, -0.05) is 11.6 Å². The van der Waals surface area contributed by atoms with Crippen LogP contribution >= 0.6 is 11.6 Å². The maximum Gasteiger partial charge on any atom is 0.411 e. The Kier molecular flexibility index (Phi) is 6.99. The van der Waals surface area contributed by atoms with Crippen molar-refractivity contribution in [2.24, 2.45) is 0 Å². The number of ether oxygens (including phenoxy) is 1. The van der Waals surface area contributed by atoms with Gasteiger partial charge in [0.15, 0.2) is 11.9 Å².